The maximum atomic E-state index is 11.9. The van der Waals surface area contributed by atoms with E-state index in [0.29, 0.717) is 5.58 Å². The van der Waals surface area contributed by atoms with Crippen LogP contribution in [0.25, 0.3) is 11.0 Å². The van der Waals surface area contributed by atoms with E-state index in [4.69, 9.17) is 13.9 Å². The molecule has 0 bridgehead atoms. The van der Waals surface area contributed by atoms with Crippen LogP contribution in [-0.2, 0) is 0 Å². The van der Waals surface area contributed by atoms with Crippen molar-refractivity contribution in [2.75, 3.05) is 7.11 Å². The maximum Gasteiger partial charge on any atom is 0.336 e. The summed E-state index contributed by atoms with van der Waals surface area (Å²) in [7, 11) is 1.62. The van der Waals surface area contributed by atoms with E-state index >= 15 is 0 Å². The van der Waals surface area contributed by atoms with E-state index in [2.05, 4.69) is 15.9 Å². The van der Waals surface area contributed by atoms with E-state index in [0.717, 1.165) is 33.3 Å². The average molecular weight is 389 g/mol. The molecule has 4 nitrogen and oxygen atoms in total. The van der Waals surface area contributed by atoms with Crippen molar-refractivity contribution in [2.24, 2.45) is 0 Å². The summed E-state index contributed by atoms with van der Waals surface area (Å²) in [5.41, 5.74) is 0.995. The van der Waals surface area contributed by atoms with E-state index in [1.54, 1.807) is 13.2 Å². The number of benzene rings is 2. The lowest BCUT2D eigenvalue weighted by molar-refractivity contribution is 0.202. The minimum absolute atomic E-state index is 0.251. The lowest BCUT2D eigenvalue weighted by Gasteiger charge is -2.19. The molecule has 3 aromatic rings. The Kier molecular flexibility index (Phi) is 4.90. The van der Waals surface area contributed by atoms with E-state index in [-0.39, 0.29) is 11.7 Å². The largest absolute Gasteiger partial charge is 0.497 e. The molecule has 0 aliphatic heterocycles. The van der Waals surface area contributed by atoms with Crippen molar-refractivity contribution in [2.45, 2.75) is 19.4 Å². The van der Waals surface area contributed by atoms with Gasteiger partial charge in [-0.2, -0.15) is 0 Å². The molecule has 1 atom stereocenters. The molecule has 1 aromatic heterocycles. The lowest BCUT2D eigenvalue weighted by Crippen LogP contribution is -2.11. The van der Waals surface area contributed by atoms with Crippen molar-refractivity contribution >= 4 is 26.9 Å². The molecule has 5 heteroatoms. The zero-order valence-electron chi connectivity index (χ0n) is 13.4. The third kappa shape index (κ3) is 3.46. The van der Waals surface area contributed by atoms with Gasteiger partial charge in [-0.3, -0.25) is 0 Å². The standard InChI is InChI=1S/C19H17BrO4/c1-3-17(23-14-7-5-13(22-2)6-8-14)16-11-19(21)24-18-9-4-12(20)10-15(16)18/h4-11,17H,3H2,1-2H3. The molecular weight excluding hydrogens is 372 g/mol. The summed E-state index contributed by atoms with van der Waals surface area (Å²) in [5, 5.41) is 0.865. The fourth-order valence-electron chi connectivity index (χ4n) is 2.61. The second kappa shape index (κ2) is 7.09. The Morgan fingerprint density at radius 2 is 1.79 bits per heavy atom. The first-order valence-corrected chi connectivity index (χ1v) is 8.44. The van der Waals surface area contributed by atoms with Crippen molar-refractivity contribution in [1.29, 1.82) is 0 Å². The van der Waals surface area contributed by atoms with E-state index in [1.807, 2.05) is 43.3 Å². The fraction of sp³-hybridized carbons (Fsp3) is 0.211. The Hall–Kier alpha value is -2.27. The molecule has 0 fully saturated rings. The summed E-state index contributed by atoms with van der Waals surface area (Å²) in [5.74, 6) is 1.49. The molecule has 2 aromatic carbocycles. The number of methoxy groups -OCH3 is 1. The number of ether oxygens (including phenoxy) is 2. The molecule has 124 valence electrons. The summed E-state index contributed by atoms with van der Waals surface area (Å²) in [6.07, 6.45) is 0.469. The van der Waals surface area contributed by atoms with Crippen molar-refractivity contribution in [3.63, 3.8) is 0 Å². The summed E-state index contributed by atoms with van der Waals surface area (Å²) < 4.78 is 17.5. The van der Waals surface area contributed by atoms with Gasteiger partial charge >= 0.3 is 5.63 Å². The highest BCUT2D eigenvalue weighted by Crippen LogP contribution is 2.31. The Labute approximate surface area is 148 Å². The molecular formula is C19H17BrO4. The average Bonchev–Trinajstić information content (AvgIpc) is 2.60. The van der Waals surface area contributed by atoms with Crippen LogP contribution >= 0.6 is 15.9 Å². The second-order valence-corrected chi connectivity index (χ2v) is 6.27. The highest BCUT2D eigenvalue weighted by Gasteiger charge is 2.17. The molecule has 0 radical (unpaired) electrons. The van der Waals surface area contributed by atoms with Crippen molar-refractivity contribution in [3.8, 4) is 11.5 Å². The SMILES string of the molecule is CCC(Oc1ccc(OC)cc1)c1cc(=O)oc2ccc(Br)cc12. The minimum Gasteiger partial charge on any atom is -0.497 e. The van der Waals surface area contributed by atoms with Crippen molar-refractivity contribution < 1.29 is 13.9 Å². The van der Waals surface area contributed by atoms with Gasteiger partial charge in [0.1, 0.15) is 23.2 Å². The van der Waals surface area contributed by atoms with Gasteiger partial charge in [-0.25, -0.2) is 4.79 Å². The number of fused-ring (bicyclic) bond motifs is 1. The molecule has 1 unspecified atom stereocenters. The molecule has 0 saturated carbocycles. The summed E-state index contributed by atoms with van der Waals surface area (Å²) in [6, 6.07) is 14.5. The third-order valence-corrected chi connectivity index (χ3v) is 4.29. The van der Waals surface area contributed by atoms with Gasteiger partial charge in [0.05, 0.1) is 7.11 Å². The van der Waals surface area contributed by atoms with Crippen LogP contribution in [0.3, 0.4) is 0 Å². The number of rotatable bonds is 5. The van der Waals surface area contributed by atoms with Crippen LogP contribution in [0.5, 0.6) is 11.5 Å². The monoisotopic (exact) mass is 388 g/mol. The van der Waals surface area contributed by atoms with Gasteiger partial charge in [0.15, 0.2) is 0 Å². The molecule has 24 heavy (non-hydrogen) atoms. The molecule has 0 aliphatic rings. The van der Waals surface area contributed by atoms with Gasteiger partial charge in [0.25, 0.3) is 0 Å². The highest BCUT2D eigenvalue weighted by atomic mass is 79.9. The second-order valence-electron chi connectivity index (χ2n) is 5.35. The van der Waals surface area contributed by atoms with E-state index in [9.17, 15) is 4.79 Å². The van der Waals surface area contributed by atoms with E-state index < -0.39 is 0 Å². The quantitative estimate of drug-likeness (QED) is 0.570. The molecule has 0 spiro atoms. The first-order chi connectivity index (χ1) is 11.6. The first kappa shape index (κ1) is 16.6. The number of halogens is 1. The first-order valence-electron chi connectivity index (χ1n) is 7.64. The summed E-state index contributed by atoms with van der Waals surface area (Å²) in [6.45, 7) is 2.02. The highest BCUT2D eigenvalue weighted by molar-refractivity contribution is 9.10. The van der Waals surface area contributed by atoms with Crippen molar-refractivity contribution in [1.82, 2.24) is 0 Å². The lowest BCUT2D eigenvalue weighted by atomic mass is 10.0. The topological polar surface area (TPSA) is 48.7 Å². The number of hydrogen-bond donors (Lipinski definition) is 0. The van der Waals surface area contributed by atoms with Crippen LogP contribution < -0.4 is 15.1 Å². The van der Waals surface area contributed by atoms with Gasteiger partial charge in [-0.05, 0) is 48.9 Å². The maximum absolute atomic E-state index is 11.9. The van der Waals surface area contributed by atoms with Crippen LogP contribution in [0.4, 0.5) is 0 Å². The van der Waals surface area contributed by atoms with Gasteiger partial charge in [0.2, 0.25) is 0 Å². The predicted molar refractivity (Wildman–Crippen MR) is 96.8 cm³/mol. The third-order valence-electron chi connectivity index (χ3n) is 3.79. The predicted octanol–water partition coefficient (Wildman–Crippen LogP) is 5.09. The Balaban J connectivity index is 2.02. The minimum atomic E-state index is -0.378. The van der Waals surface area contributed by atoms with Gasteiger partial charge in [0, 0.05) is 21.5 Å². The summed E-state index contributed by atoms with van der Waals surface area (Å²) in [4.78, 5) is 11.9. The smallest absolute Gasteiger partial charge is 0.336 e. The Morgan fingerprint density at radius 1 is 1.08 bits per heavy atom. The van der Waals surface area contributed by atoms with Gasteiger partial charge < -0.3 is 13.9 Å². The normalized spacial score (nSPS) is 12.1. The van der Waals surface area contributed by atoms with Crippen LogP contribution in [-0.4, -0.2) is 7.11 Å². The fourth-order valence-corrected chi connectivity index (χ4v) is 2.97. The zero-order valence-corrected chi connectivity index (χ0v) is 15.0. The molecule has 0 saturated heterocycles. The van der Waals surface area contributed by atoms with Crippen molar-refractivity contribution in [3.05, 3.63) is 69.0 Å². The molecule has 0 aliphatic carbocycles. The Morgan fingerprint density at radius 3 is 2.46 bits per heavy atom. The number of hydrogen-bond acceptors (Lipinski definition) is 4. The molecule has 3 rings (SSSR count). The molecule has 0 amide bonds. The van der Waals surface area contributed by atoms with Crippen LogP contribution in [0.2, 0.25) is 0 Å². The Bertz CT molecular complexity index is 899. The van der Waals surface area contributed by atoms with Gasteiger partial charge in [-0.1, -0.05) is 22.9 Å². The molecule has 1 heterocycles. The van der Waals surface area contributed by atoms with E-state index in [1.165, 1.54) is 6.07 Å². The van der Waals surface area contributed by atoms with Crippen LogP contribution in [0.15, 0.2) is 62.2 Å². The van der Waals surface area contributed by atoms with Gasteiger partial charge in [-0.15, -0.1) is 0 Å². The van der Waals surface area contributed by atoms with Crippen LogP contribution in [0.1, 0.15) is 25.0 Å². The zero-order chi connectivity index (χ0) is 17.1. The molecule has 0 N–H and O–H groups in total. The van der Waals surface area contributed by atoms with Crippen LogP contribution in [0, 0.1) is 0 Å². The summed E-state index contributed by atoms with van der Waals surface area (Å²) >= 11 is 3.46.